The first-order valence-corrected chi connectivity index (χ1v) is 6.78. The highest BCUT2D eigenvalue weighted by molar-refractivity contribution is 7.12. The fourth-order valence-corrected chi connectivity index (χ4v) is 3.71. The Morgan fingerprint density at radius 2 is 2.41 bits per heavy atom. The molecule has 2 heterocycles. The van der Waals surface area contributed by atoms with Crippen molar-refractivity contribution in [3.8, 4) is 0 Å². The van der Waals surface area contributed by atoms with E-state index in [0.29, 0.717) is 0 Å². The fraction of sp³-hybridized carbons (Fsp3) is 0.385. The van der Waals surface area contributed by atoms with E-state index in [-0.39, 0.29) is 6.04 Å². The zero-order chi connectivity index (χ0) is 11.7. The maximum Gasteiger partial charge on any atom is 0.105 e. The van der Waals surface area contributed by atoms with Gasteiger partial charge >= 0.3 is 0 Å². The van der Waals surface area contributed by atoms with Crippen LogP contribution in [0.2, 0.25) is 0 Å². The molecule has 0 spiro atoms. The summed E-state index contributed by atoms with van der Waals surface area (Å²) in [6.45, 7) is 0. The Morgan fingerprint density at radius 3 is 3.12 bits per heavy atom. The lowest BCUT2D eigenvalue weighted by Gasteiger charge is -2.12. The molecule has 1 aliphatic carbocycles. The number of nitrogens with one attached hydrogen (secondary N) is 1. The van der Waals surface area contributed by atoms with Gasteiger partial charge in [0.2, 0.25) is 0 Å². The van der Waals surface area contributed by atoms with Crippen LogP contribution in [0.25, 0.3) is 0 Å². The predicted octanol–water partition coefficient (Wildman–Crippen LogP) is 2.58. The number of furan rings is 1. The Bertz CT molecular complexity index is 468. The zero-order valence-corrected chi connectivity index (χ0v) is 10.4. The Balaban J connectivity index is 1.80. The van der Waals surface area contributed by atoms with Crippen molar-refractivity contribution in [3.63, 3.8) is 0 Å². The van der Waals surface area contributed by atoms with Gasteiger partial charge in [0.25, 0.3) is 0 Å². The topological polar surface area (TPSA) is 51.2 Å². The van der Waals surface area contributed by atoms with Crippen LogP contribution in [0.15, 0.2) is 28.9 Å². The molecule has 4 heteroatoms. The van der Waals surface area contributed by atoms with Crippen molar-refractivity contribution in [1.29, 1.82) is 0 Å². The molecule has 0 saturated carbocycles. The minimum Gasteiger partial charge on any atom is -0.469 e. The summed E-state index contributed by atoms with van der Waals surface area (Å²) in [7, 11) is 0. The molecule has 3 nitrogen and oxygen atoms in total. The van der Waals surface area contributed by atoms with Gasteiger partial charge in [-0.3, -0.25) is 11.3 Å². The molecule has 0 amide bonds. The Kier molecular flexibility index (Phi) is 3.01. The molecular weight excluding hydrogens is 232 g/mol. The summed E-state index contributed by atoms with van der Waals surface area (Å²) < 4.78 is 5.37. The Hall–Kier alpha value is -1.10. The highest BCUT2D eigenvalue weighted by Gasteiger charge is 2.20. The van der Waals surface area contributed by atoms with Crippen molar-refractivity contribution >= 4 is 11.3 Å². The molecule has 17 heavy (non-hydrogen) atoms. The molecule has 3 rings (SSSR count). The van der Waals surface area contributed by atoms with E-state index in [1.807, 2.05) is 23.5 Å². The number of hydrogen-bond donors (Lipinski definition) is 2. The van der Waals surface area contributed by atoms with Gasteiger partial charge in [0, 0.05) is 16.2 Å². The van der Waals surface area contributed by atoms with E-state index >= 15 is 0 Å². The maximum atomic E-state index is 5.66. The van der Waals surface area contributed by atoms with Gasteiger partial charge in [0.05, 0.1) is 12.3 Å². The molecule has 3 N–H and O–H groups in total. The summed E-state index contributed by atoms with van der Waals surface area (Å²) in [5.41, 5.74) is 4.41. The van der Waals surface area contributed by atoms with Crippen LogP contribution in [0.1, 0.15) is 33.5 Å². The summed E-state index contributed by atoms with van der Waals surface area (Å²) in [4.78, 5) is 2.87. The molecule has 0 radical (unpaired) electrons. The number of thiophene rings is 1. The molecule has 0 saturated heterocycles. The largest absolute Gasteiger partial charge is 0.469 e. The summed E-state index contributed by atoms with van der Waals surface area (Å²) in [5, 5.41) is 0. The fourth-order valence-electron chi connectivity index (χ4n) is 2.40. The third kappa shape index (κ3) is 2.16. The number of rotatable bonds is 4. The van der Waals surface area contributed by atoms with Crippen molar-refractivity contribution < 1.29 is 4.42 Å². The average Bonchev–Trinajstić information content (AvgIpc) is 3.01. The van der Waals surface area contributed by atoms with E-state index in [1.165, 1.54) is 29.7 Å². The lowest BCUT2D eigenvalue weighted by atomic mass is 10.1. The normalized spacial score (nSPS) is 16.1. The second kappa shape index (κ2) is 4.64. The second-order valence-corrected chi connectivity index (χ2v) is 5.62. The van der Waals surface area contributed by atoms with E-state index in [0.717, 1.165) is 12.2 Å². The van der Waals surface area contributed by atoms with Crippen LogP contribution in [0, 0.1) is 0 Å². The first-order valence-electron chi connectivity index (χ1n) is 5.97. The predicted molar refractivity (Wildman–Crippen MR) is 68.8 cm³/mol. The van der Waals surface area contributed by atoms with Crippen LogP contribution in [0.4, 0.5) is 0 Å². The lowest BCUT2D eigenvalue weighted by molar-refractivity contribution is 0.458. The second-order valence-electron chi connectivity index (χ2n) is 4.45. The monoisotopic (exact) mass is 248 g/mol. The van der Waals surface area contributed by atoms with Crippen LogP contribution in [-0.4, -0.2) is 0 Å². The molecule has 0 aliphatic heterocycles. The third-order valence-corrected chi connectivity index (χ3v) is 4.65. The van der Waals surface area contributed by atoms with Gasteiger partial charge in [-0.2, -0.15) is 0 Å². The summed E-state index contributed by atoms with van der Waals surface area (Å²) in [5.74, 6) is 6.63. The van der Waals surface area contributed by atoms with Crippen LogP contribution in [0.3, 0.4) is 0 Å². The summed E-state index contributed by atoms with van der Waals surface area (Å²) in [6, 6.07) is 6.38. The minimum atomic E-state index is 0.164. The molecular formula is C13H16N2OS. The van der Waals surface area contributed by atoms with Gasteiger partial charge in [-0.1, -0.05) is 0 Å². The minimum absolute atomic E-state index is 0.164. The molecule has 2 aromatic rings. The number of aryl methyl sites for hydroxylation is 2. The van der Waals surface area contributed by atoms with Gasteiger partial charge in [0.1, 0.15) is 5.76 Å². The summed E-state index contributed by atoms with van der Waals surface area (Å²) >= 11 is 1.89. The standard InChI is InChI=1S/C13H16N2OS/c14-15-11(8-10-4-2-6-16-10)13-7-9-3-1-5-12(9)17-13/h2,4,6-7,11,15H,1,3,5,8,14H2. The Labute approximate surface area is 105 Å². The van der Waals surface area contributed by atoms with Crippen LogP contribution < -0.4 is 11.3 Å². The quantitative estimate of drug-likeness (QED) is 0.646. The first kappa shape index (κ1) is 11.0. The number of hydrogen-bond acceptors (Lipinski definition) is 4. The van der Waals surface area contributed by atoms with E-state index in [2.05, 4.69) is 11.5 Å². The van der Waals surface area contributed by atoms with E-state index in [4.69, 9.17) is 10.3 Å². The number of fused-ring (bicyclic) bond motifs is 1. The van der Waals surface area contributed by atoms with Crippen molar-refractivity contribution in [2.75, 3.05) is 0 Å². The average molecular weight is 248 g/mol. The van der Waals surface area contributed by atoms with Crippen molar-refractivity contribution in [1.82, 2.24) is 5.43 Å². The molecule has 0 aromatic carbocycles. The summed E-state index contributed by atoms with van der Waals surface area (Å²) in [6.07, 6.45) is 6.28. The molecule has 0 bridgehead atoms. The van der Waals surface area contributed by atoms with Crippen molar-refractivity contribution in [2.45, 2.75) is 31.7 Å². The van der Waals surface area contributed by atoms with Gasteiger partial charge in [-0.05, 0) is 43.0 Å². The highest BCUT2D eigenvalue weighted by atomic mass is 32.1. The van der Waals surface area contributed by atoms with Crippen LogP contribution in [0.5, 0.6) is 0 Å². The Morgan fingerprint density at radius 1 is 1.47 bits per heavy atom. The molecule has 1 unspecified atom stereocenters. The van der Waals surface area contributed by atoms with E-state index in [1.54, 1.807) is 11.1 Å². The number of nitrogens with two attached hydrogens (primary N) is 1. The molecule has 1 atom stereocenters. The first-order chi connectivity index (χ1) is 8.36. The maximum absolute atomic E-state index is 5.66. The third-order valence-electron chi connectivity index (χ3n) is 3.30. The van der Waals surface area contributed by atoms with Crippen LogP contribution >= 0.6 is 11.3 Å². The highest BCUT2D eigenvalue weighted by Crippen LogP contribution is 2.34. The molecule has 2 aromatic heterocycles. The molecule has 0 fully saturated rings. The smallest absolute Gasteiger partial charge is 0.105 e. The van der Waals surface area contributed by atoms with Crippen LogP contribution in [-0.2, 0) is 19.3 Å². The van der Waals surface area contributed by atoms with Gasteiger partial charge in [0.15, 0.2) is 0 Å². The molecule has 90 valence electrons. The van der Waals surface area contributed by atoms with Crippen molar-refractivity contribution in [3.05, 3.63) is 45.5 Å². The van der Waals surface area contributed by atoms with Gasteiger partial charge < -0.3 is 4.42 Å². The van der Waals surface area contributed by atoms with Crippen molar-refractivity contribution in [2.24, 2.45) is 5.84 Å². The molecule has 1 aliphatic rings. The van der Waals surface area contributed by atoms with E-state index < -0.39 is 0 Å². The lowest BCUT2D eigenvalue weighted by Crippen LogP contribution is -2.28. The van der Waals surface area contributed by atoms with Gasteiger partial charge in [-0.15, -0.1) is 11.3 Å². The van der Waals surface area contributed by atoms with E-state index in [9.17, 15) is 0 Å². The SMILES string of the molecule is NNC(Cc1ccco1)c1cc2c(s1)CCC2. The van der Waals surface area contributed by atoms with Gasteiger partial charge in [-0.25, -0.2) is 0 Å². The number of hydrazine groups is 1. The zero-order valence-electron chi connectivity index (χ0n) is 9.61.